The molecular formula is C19H36IN5O2. The number of aryl methyl sites for hydroxylation is 2. The van der Waals surface area contributed by atoms with Crippen LogP contribution in [0.2, 0.25) is 0 Å². The molecule has 0 spiro atoms. The number of aliphatic imine (C=N–C) groups is 1. The third kappa shape index (κ3) is 7.57. The van der Waals surface area contributed by atoms with Crippen LogP contribution < -0.4 is 10.6 Å². The number of ether oxygens (including phenoxy) is 2. The molecule has 156 valence electrons. The predicted octanol–water partition coefficient (Wildman–Crippen LogP) is 2.41. The quantitative estimate of drug-likeness (QED) is 0.227. The zero-order valence-electron chi connectivity index (χ0n) is 17.2. The van der Waals surface area contributed by atoms with Gasteiger partial charge in [-0.3, -0.25) is 4.68 Å². The van der Waals surface area contributed by atoms with E-state index in [1.165, 1.54) is 11.3 Å². The fraction of sp³-hybridized carbons (Fsp3) is 0.789. The minimum atomic E-state index is 0. The number of hydrogen-bond acceptors (Lipinski definition) is 4. The number of nitrogens with one attached hydrogen (secondary N) is 2. The third-order valence-electron chi connectivity index (χ3n) is 4.62. The monoisotopic (exact) mass is 493 g/mol. The Balaban J connectivity index is 0.00000364. The molecule has 2 rings (SSSR count). The fourth-order valence-electron chi connectivity index (χ4n) is 3.25. The van der Waals surface area contributed by atoms with Crippen molar-refractivity contribution in [3.8, 4) is 0 Å². The molecule has 1 aliphatic heterocycles. The molecule has 0 bridgehead atoms. The van der Waals surface area contributed by atoms with Crippen molar-refractivity contribution in [2.75, 3.05) is 32.9 Å². The Hall–Kier alpha value is -0.870. The molecule has 1 aromatic heterocycles. The van der Waals surface area contributed by atoms with Crippen molar-refractivity contribution >= 4 is 29.9 Å². The smallest absolute Gasteiger partial charge is 0.191 e. The minimum absolute atomic E-state index is 0. The van der Waals surface area contributed by atoms with Gasteiger partial charge in [-0.1, -0.05) is 13.8 Å². The molecule has 0 aliphatic carbocycles. The Bertz CT molecular complexity index is 571. The molecule has 1 saturated heterocycles. The molecule has 0 aromatic carbocycles. The van der Waals surface area contributed by atoms with Crippen LogP contribution in [0.1, 0.15) is 50.6 Å². The number of nitrogens with zero attached hydrogens (tertiary/aromatic N) is 3. The van der Waals surface area contributed by atoms with Gasteiger partial charge in [0.15, 0.2) is 5.96 Å². The van der Waals surface area contributed by atoms with Gasteiger partial charge in [0.1, 0.15) is 0 Å². The summed E-state index contributed by atoms with van der Waals surface area (Å²) in [4.78, 5) is 4.77. The van der Waals surface area contributed by atoms with Crippen molar-refractivity contribution in [3.63, 3.8) is 0 Å². The number of halogens is 1. The molecule has 1 unspecified atom stereocenters. The van der Waals surface area contributed by atoms with E-state index in [1.54, 1.807) is 0 Å². The van der Waals surface area contributed by atoms with Crippen molar-refractivity contribution in [1.29, 1.82) is 0 Å². The van der Waals surface area contributed by atoms with E-state index < -0.39 is 0 Å². The average molecular weight is 493 g/mol. The summed E-state index contributed by atoms with van der Waals surface area (Å²) in [6, 6.07) is 0. The van der Waals surface area contributed by atoms with Crippen molar-refractivity contribution in [1.82, 2.24) is 20.4 Å². The van der Waals surface area contributed by atoms with E-state index in [-0.39, 0.29) is 30.1 Å². The van der Waals surface area contributed by atoms with Gasteiger partial charge in [0, 0.05) is 44.6 Å². The molecule has 2 N–H and O–H groups in total. The Kier molecular flexibility index (Phi) is 11.9. The lowest BCUT2D eigenvalue weighted by Gasteiger charge is -2.13. The molecular weight excluding hydrogens is 457 g/mol. The van der Waals surface area contributed by atoms with Crippen molar-refractivity contribution in [2.45, 2.75) is 59.1 Å². The van der Waals surface area contributed by atoms with Gasteiger partial charge >= 0.3 is 0 Å². The zero-order valence-corrected chi connectivity index (χ0v) is 19.5. The Morgan fingerprint density at radius 3 is 2.74 bits per heavy atom. The van der Waals surface area contributed by atoms with E-state index in [0.29, 0.717) is 6.54 Å². The maximum absolute atomic E-state index is 5.80. The van der Waals surface area contributed by atoms with Gasteiger partial charge in [0.25, 0.3) is 0 Å². The molecule has 0 radical (unpaired) electrons. The van der Waals surface area contributed by atoms with Gasteiger partial charge < -0.3 is 20.1 Å². The van der Waals surface area contributed by atoms with Crippen LogP contribution >= 0.6 is 24.0 Å². The van der Waals surface area contributed by atoms with Crippen LogP contribution in [0.4, 0.5) is 0 Å². The zero-order chi connectivity index (χ0) is 18.8. The molecule has 0 amide bonds. The summed E-state index contributed by atoms with van der Waals surface area (Å²) in [7, 11) is 2.02. The molecule has 8 heteroatoms. The van der Waals surface area contributed by atoms with Gasteiger partial charge in [-0.25, -0.2) is 4.99 Å². The molecule has 1 atom stereocenters. The van der Waals surface area contributed by atoms with Crippen LogP contribution in [0.5, 0.6) is 0 Å². The van der Waals surface area contributed by atoms with Crippen molar-refractivity contribution in [3.05, 3.63) is 17.0 Å². The van der Waals surface area contributed by atoms with E-state index >= 15 is 0 Å². The lowest BCUT2D eigenvalue weighted by atomic mass is 10.1. The lowest BCUT2D eigenvalue weighted by molar-refractivity contribution is 0.0420. The number of hydrogen-bond donors (Lipinski definition) is 2. The number of aromatic nitrogens is 2. The average Bonchev–Trinajstić information content (AvgIpc) is 3.26. The summed E-state index contributed by atoms with van der Waals surface area (Å²) in [6.07, 6.45) is 4.16. The minimum Gasteiger partial charge on any atom is -0.379 e. The first-order chi connectivity index (χ1) is 12.7. The van der Waals surface area contributed by atoms with E-state index in [9.17, 15) is 0 Å². The third-order valence-corrected chi connectivity index (χ3v) is 4.62. The highest BCUT2D eigenvalue weighted by Gasteiger charge is 2.15. The topological polar surface area (TPSA) is 72.7 Å². The second-order valence-corrected chi connectivity index (χ2v) is 6.53. The molecule has 27 heavy (non-hydrogen) atoms. The second-order valence-electron chi connectivity index (χ2n) is 6.53. The SMILES string of the molecule is CCNC(=NCc1c(CC)nn(C)c1CC)NCCCOC1CCOC1.I. The van der Waals surface area contributed by atoms with Crippen LogP contribution in [0.15, 0.2) is 4.99 Å². The van der Waals surface area contributed by atoms with Crippen LogP contribution in [0, 0.1) is 0 Å². The van der Waals surface area contributed by atoms with Crippen LogP contribution in [0.25, 0.3) is 0 Å². The number of rotatable bonds is 10. The highest BCUT2D eigenvalue weighted by Crippen LogP contribution is 2.16. The van der Waals surface area contributed by atoms with Crippen LogP contribution in [-0.4, -0.2) is 54.8 Å². The summed E-state index contributed by atoms with van der Waals surface area (Å²) in [5, 5.41) is 11.3. The predicted molar refractivity (Wildman–Crippen MR) is 120 cm³/mol. The van der Waals surface area contributed by atoms with E-state index in [0.717, 1.165) is 70.2 Å². The Morgan fingerprint density at radius 2 is 2.11 bits per heavy atom. The summed E-state index contributed by atoms with van der Waals surface area (Å²) in [5.41, 5.74) is 3.68. The van der Waals surface area contributed by atoms with E-state index in [1.807, 2.05) is 11.7 Å². The first-order valence-corrected chi connectivity index (χ1v) is 9.94. The van der Waals surface area contributed by atoms with E-state index in [4.69, 9.17) is 14.5 Å². The van der Waals surface area contributed by atoms with Gasteiger partial charge in [-0.05, 0) is 32.6 Å². The molecule has 2 heterocycles. The van der Waals surface area contributed by atoms with Crippen LogP contribution in [0.3, 0.4) is 0 Å². The molecule has 1 aromatic rings. The summed E-state index contributed by atoms with van der Waals surface area (Å²) in [6.45, 7) is 11.1. The van der Waals surface area contributed by atoms with Gasteiger partial charge in [0.2, 0.25) is 0 Å². The fourth-order valence-corrected chi connectivity index (χ4v) is 3.25. The summed E-state index contributed by atoms with van der Waals surface area (Å²) >= 11 is 0. The summed E-state index contributed by atoms with van der Waals surface area (Å²) < 4.78 is 13.1. The summed E-state index contributed by atoms with van der Waals surface area (Å²) in [5.74, 6) is 0.852. The van der Waals surface area contributed by atoms with Gasteiger partial charge in [0.05, 0.1) is 24.9 Å². The second kappa shape index (κ2) is 13.3. The molecule has 7 nitrogen and oxygen atoms in total. The first-order valence-electron chi connectivity index (χ1n) is 9.94. The van der Waals surface area contributed by atoms with Gasteiger partial charge in [-0.2, -0.15) is 5.10 Å². The maximum Gasteiger partial charge on any atom is 0.191 e. The van der Waals surface area contributed by atoms with Crippen LogP contribution in [-0.2, 0) is 35.9 Å². The maximum atomic E-state index is 5.80. The molecule has 1 fully saturated rings. The number of guanidine groups is 1. The highest BCUT2D eigenvalue weighted by atomic mass is 127. The lowest BCUT2D eigenvalue weighted by Crippen LogP contribution is -2.38. The van der Waals surface area contributed by atoms with Gasteiger partial charge in [-0.15, -0.1) is 24.0 Å². The Labute approximate surface area is 180 Å². The van der Waals surface area contributed by atoms with E-state index in [2.05, 4.69) is 36.5 Å². The molecule has 1 aliphatic rings. The highest BCUT2D eigenvalue weighted by molar-refractivity contribution is 14.0. The first kappa shape index (κ1) is 24.2. The molecule has 0 saturated carbocycles. The normalized spacial score (nSPS) is 17.0. The van der Waals surface area contributed by atoms with Crippen molar-refractivity contribution in [2.24, 2.45) is 12.0 Å². The largest absolute Gasteiger partial charge is 0.379 e. The van der Waals surface area contributed by atoms with Crippen molar-refractivity contribution < 1.29 is 9.47 Å². The standard InChI is InChI=1S/C19H35N5O2.HI/c1-5-17-16(18(6-2)24(4)23-17)13-22-19(20-7-3)21-10-8-11-26-15-9-12-25-14-15;/h15H,5-14H2,1-4H3,(H2,20,21,22);1H. The Morgan fingerprint density at radius 1 is 1.30 bits per heavy atom.